The van der Waals surface area contributed by atoms with Crippen molar-refractivity contribution in [2.45, 2.75) is 32.4 Å². The van der Waals surface area contributed by atoms with E-state index in [1.807, 2.05) is 32.0 Å². The van der Waals surface area contributed by atoms with Crippen LogP contribution in [0.2, 0.25) is 0 Å². The van der Waals surface area contributed by atoms with Gasteiger partial charge in [-0.2, -0.15) is 0 Å². The average Bonchev–Trinajstić information content (AvgIpc) is 2.77. The Morgan fingerprint density at radius 2 is 2.24 bits per heavy atom. The number of ether oxygens (including phenoxy) is 1. The Morgan fingerprint density at radius 3 is 2.86 bits per heavy atom. The molecule has 0 aliphatic carbocycles. The number of fused-ring (bicyclic) bond motifs is 1. The third kappa shape index (κ3) is 3.27. The van der Waals surface area contributed by atoms with Crippen LogP contribution < -0.4 is 10.6 Å². The van der Waals surface area contributed by atoms with E-state index < -0.39 is 12.1 Å². The molecular formula is C15H19BrN2O3. The van der Waals surface area contributed by atoms with Crippen molar-refractivity contribution in [2.75, 3.05) is 12.4 Å². The van der Waals surface area contributed by atoms with Crippen molar-refractivity contribution >= 4 is 33.5 Å². The highest BCUT2D eigenvalue weighted by atomic mass is 79.9. The van der Waals surface area contributed by atoms with E-state index >= 15 is 0 Å². The molecule has 3 atom stereocenters. The van der Waals surface area contributed by atoms with Crippen molar-refractivity contribution in [3.63, 3.8) is 0 Å². The number of methoxy groups -OCH3 is 1. The maximum Gasteiger partial charge on any atom is 0.323 e. The number of carbonyl (C=O) groups is 2. The smallest absolute Gasteiger partial charge is 0.323 e. The lowest BCUT2D eigenvalue weighted by atomic mass is 9.97. The molecule has 0 bridgehead atoms. The summed E-state index contributed by atoms with van der Waals surface area (Å²) in [6.45, 7) is 3.96. The van der Waals surface area contributed by atoms with Gasteiger partial charge in [0.05, 0.1) is 7.11 Å². The van der Waals surface area contributed by atoms with Gasteiger partial charge in [-0.15, -0.1) is 0 Å². The first-order valence-electron chi connectivity index (χ1n) is 6.92. The number of anilines is 1. The van der Waals surface area contributed by atoms with Gasteiger partial charge < -0.3 is 10.1 Å². The fourth-order valence-electron chi connectivity index (χ4n) is 2.41. The van der Waals surface area contributed by atoms with Crippen molar-refractivity contribution < 1.29 is 14.3 Å². The second-order valence-corrected chi connectivity index (χ2v) is 6.12. The van der Waals surface area contributed by atoms with Crippen LogP contribution in [0.1, 0.15) is 31.9 Å². The van der Waals surface area contributed by atoms with Crippen molar-refractivity contribution in [1.29, 1.82) is 0 Å². The van der Waals surface area contributed by atoms with Crippen LogP contribution in [0, 0.1) is 5.92 Å². The van der Waals surface area contributed by atoms with Gasteiger partial charge in [-0.05, 0) is 18.1 Å². The second kappa shape index (κ2) is 6.58. The number of carbonyl (C=O) groups excluding carboxylic acids is 2. The second-order valence-electron chi connectivity index (χ2n) is 5.21. The average molecular weight is 355 g/mol. The number of rotatable bonds is 5. The van der Waals surface area contributed by atoms with Crippen molar-refractivity contribution in [2.24, 2.45) is 5.92 Å². The molecule has 2 rings (SSSR count). The number of amides is 1. The Kier molecular flexibility index (Phi) is 5.00. The van der Waals surface area contributed by atoms with Gasteiger partial charge in [-0.3, -0.25) is 14.9 Å². The summed E-state index contributed by atoms with van der Waals surface area (Å²) < 4.78 is 5.74. The number of benzene rings is 1. The number of nitrogens with one attached hydrogen (secondary N) is 2. The molecule has 1 aliphatic heterocycles. The first kappa shape index (κ1) is 16.0. The van der Waals surface area contributed by atoms with E-state index in [1.54, 1.807) is 0 Å². The highest BCUT2D eigenvalue weighted by molar-refractivity contribution is 9.10. The molecule has 0 saturated carbocycles. The Hall–Kier alpha value is -1.40. The van der Waals surface area contributed by atoms with Gasteiger partial charge in [0.1, 0.15) is 12.1 Å². The van der Waals surface area contributed by atoms with Gasteiger partial charge in [-0.1, -0.05) is 42.3 Å². The Balaban J connectivity index is 2.25. The molecule has 0 fully saturated rings. The molecule has 1 aromatic carbocycles. The Bertz CT molecular complexity index is 562. The van der Waals surface area contributed by atoms with E-state index in [2.05, 4.69) is 26.6 Å². The fourth-order valence-corrected chi connectivity index (χ4v) is 2.77. The zero-order valence-corrected chi connectivity index (χ0v) is 13.9. The van der Waals surface area contributed by atoms with Crippen LogP contribution in [-0.2, 0) is 14.3 Å². The fraction of sp³-hybridized carbons (Fsp3) is 0.467. The van der Waals surface area contributed by atoms with Crippen LogP contribution in [0.3, 0.4) is 0 Å². The van der Waals surface area contributed by atoms with Crippen molar-refractivity contribution in [3.8, 4) is 0 Å². The summed E-state index contributed by atoms with van der Waals surface area (Å²) >= 11 is 3.38. The third-order valence-electron chi connectivity index (χ3n) is 3.86. The molecule has 6 heteroatoms. The van der Waals surface area contributed by atoms with Crippen LogP contribution in [0.5, 0.6) is 0 Å². The summed E-state index contributed by atoms with van der Waals surface area (Å²) in [5.74, 6) is -0.423. The highest BCUT2D eigenvalue weighted by Gasteiger charge is 2.36. The quantitative estimate of drug-likeness (QED) is 0.797. The molecule has 0 spiro atoms. The molecule has 0 radical (unpaired) electrons. The van der Waals surface area contributed by atoms with Crippen LogP contribution in [0.15, 0.2) is 22.7 Å². The van der Waals surface area contributed by atoms with Crippen LogP contribution in [0.4, 0.5) is 5.69 Å². The van der Waals surface area contributed by atoms with E-state index in [1.165, 1.54) is 7.11 Å². The molecular weight excluding hydrogens is 336 g/mol. The van der Waals surface area contributed by atoms with Crippen molar-refractivity contribution in [1.82, 2.24) is 5.32 Å². The molecule has 3 unspecified atom stereocenters. The molecule has 0 aromatic heterocycles. The van der Waals surface area contributed by atoms with Crippen LogP contribution in [-0.4, -0.2) is 25.0 Å². The molecule has 1 amide bonds. The zero-order chi connectivity index (χ0) is 15.6. The summed E-state index contributed by atoms with van der Waals surface area (Å²) in [6.07, 6.45) is 0.814. The van der Waals surface area contributed by atoms with Crippen molar-refractivity contribution in [3.05, 3.63) is 28.2 Å². The van der Waals surface area contributed by atoms with E-state index in [9.17, 15) is 9.59 Å². The number of hydrogen-bond donors (Lipinski definition) is 2. The lowest BCUT2D eigenvalue weighted by molar-refractivity contribution is -0.145. The minimum absolute atomic E-state index is 0.0738. The maximum absolute atomic E-state index is 12.2. The molecule has 2 N–H and O–H groups in total. The largest absolute Gasteiger partial charge is 0.468 e. The van der Waals surface area contributed by atoms with Crippen LogP contribution in [0.25, 0.3) is 0 Å². The standard InChI is InChI=1S/C15H19BrN2O3/c1-4-8(2)12(15(20)21-3)18-13-10-6-5-9(16)7-11(10)17-14(13)19/h5-8,12-13,18H,4H2,1-3H3,(H,17,19). The first-order valence-corrected chi connectivity index (χ1v) is 7.71. The lowest BCUT2D eigenvalue weighted by Gasteiger charge is -2.24. The van der Waals surface area contributed by atoms with E-state index in [0.29, 0.717) is 0 Å². The summed E-state index contributed by atoms with van der Waals surface area (Å²) in [7, 11) is 1.36. The minimum atomic E-state index is -0.536. The van der Waals surface area contributed by atoms with Gasteiger partial charge in [0.2, 0.25) is 5.91 Å². The van der Waals surface area contributed by atoms with Gasteiger partial charge in [0, 0.05) is 15.7 Å². The number of halogens is 1. The van der Waals surface area contributed by atoms with E-state index in [0.717, 1.165) is 22.1 Å². The molecule has 5 nitrogen and oxygen atoms in total. The third-order valence-corrected chi connectivity index (χ3v) is 4.35. The molecule has 21 heavy (non-hydrogen) atoms. The normalized spacial score (nSPS) is 19.6. The minimum Gasteiger partial charge on any atom is -0.468 e. The van der Waals surface area contributed by atoms with Gasteiger partial charge in [0.25, 0.3) is 0 Å². The molecule has 0 saturated heterocycles. The van der Waals surface area contributed by atoms with Gasteiger partial charge in [-0.25, -0.2) is 0 Å². The Morgan fingerprint density at radius 1 is 1.52 bits per heavy atom. The SMILES string of the molecule is CCC(C)C(NC1C(=O)Nc2cc(Br)ccc21)C(=O)OC. The van der Waals surface area contributed by atoms with Gasteiger partial charge in [0.15, 0.2) is 0 Å². The predicted molar refractivity (Wildman–Crippen MR) is 83.9 cm³/mol. The topological polar surface area (TPSA) is 67.4 Å². The number of hydrogen-bond acceptors (Lipinski definition) is 4. The monoisotopic (exact) mass is 354 g/mol. The predicted octanol–water partition coefficient (Wildman–Crippen LogP) is 2.62. The summed E-state index contributed by atoms with van der Waals surface area (Å²) in [5, 5.41) is 5.96. The summed E-state index contributed by atoms with van der Waals surface area (Å²) in [6, 6.07) is 4.56. The maximum atomic E-state index is 12.2. The summed E-state index contributed by atoms with van der Waals surface area (Å²) in [4.78, 5) is 24.1. The zero-order valence-electron chi connectivity index (χ0n) is 12.3. The molecule has 1 heterocycles. The Labute approximate surface area is 132 Å². The van der Waals surface area contributed by atoms with Crippen LogP contribution >= 0.6 is 15.9 Å². The summed E-state index contributed by atoms with van der Waals surface area (Å²) in [5.41, 5.74) is 1.61. The molecule has 114 valence electrons. The van der Waals surface area contributed by atoms with Gasteiger partial charge >= 0.3 is 5.97 Å². The van der Waals surface area contributed by atoms with E-state index in [4.69, 9.17) is 4.74 Å². The molecule has 1 aliphatic rings. The van der Waals surface area contributed by atoms with E-state index in [-0.39, 0.29) is 17.8 Å². The number of esters is 1. The highest BCUT2D eigenvalue weighted by Crippen LogP contribution is 2.33. The molecule has 1 aromatic rings. The first-order chi connectivity index (χ1) is 9.97. The lowest BCUT2D eigenvalue weighted by Crippen LogP contribution is -2.46.